The van der Waals surface area contributed by atoms with Gasteiger partial charge in [-0.2, -0.15) is 9.97 Å². The number of aryl methyl sites for hydroxylation is 1. The second-order valence-electron chi connectivity index (χ2n) is 7.24. The van der Waals surface area contributed by atoms with Crippen molar-refractivity contribution in [1.29, 1.82) is 0 Å². The molecule has 0 fully saturated rings. The third-order valence-corrected chi connectivity index (χ3v) is 5.74. The molecule has 0 aliphatic rings. The topological polar surface area (TPSA) is 157 Å². The SMILES string of the molecule is CCc1noc(-c2cnc(Nc3ccc(S(C)(=O)=O)cc3)nc2N)n1.OCCc1ccccc1. The molecule has 2 heterocycles. The standard InChI is InChI=1S/C15H16N6O3S.C8H10O/c1-3-12-19-14(24-21-12)11-8-17-15(20-13(11)16)18-9-4-6-10(7-5-9)25(2,22)23;9-7-6-8-4-2-1-3-5-8/h4-8H,3H2,1-2H3,(H3,16,17,18,20);1-5,9H,6-7H2. The van der Waals surface area contributed by atoms with Crippen LogP contribution in [0.3, 0.4) is 0 Å². The minimum absolute atomic E-state index is 0.191. The van der Waals surface area contributed by atoms with Crippen LogP contribution in [0, 0.1) is 0 Å². The first-order valence-corrected chi connectivity index (χ1v) is 12.4. The molecule has 4 rings (SSSR count). The Kier molecular flexibility index (Phi) is 8.28. The summed E-state index contributed by atoms with van der Waals surface area (Å²) in [6.07, 6.45) is 4.05. The van der Waals surface area contributed by atoms with Crippen molar-refractivity contribution in [2.45, 2.75) is 24.7 Å². The number of aliphatic hydroxyl groups excluding tert-OH is 1. The van der Waals surface area contributed by atoms with Gasteiger partial charge in [-0.05, 0) is 36.2 Å². The van der Waals surface area contributed by atoms with Gasteiger partial charge in [-0.1, -0.05) is 42.4 Å². The van der Waals surface area contributed by atoms with Crippen molar-refractivity contribution < 1.29 is 18.0 Å². The van der Waals surface area contributed by atoms with Crippen molar-refractivity contribution in [2.24, 2.45) is 0 Å². The Labute approximate surface area is 197 Å². The van der Waals surface area contributed by atoms with E-state index in [1.54, 1.807) is 12.1 Å². The Morgan fingerprint density at radius 3 is 2.32 bits per heavy atom. The second kappa shape index (κ2) is 11.3. The highest BCUT2D eigenvalue weighted by Crippen LogP contribution is 2.24. The van der Waals surface area contributed by atoms with Gasteiger partial charge in [0.1, 0.15) is 11.4 Å². The molecule has 0 amide bonds. The largest absolute Gasteiger partial charge is 0.396 e. The molecule has 10 nitrogen and oxygen atoms in total. The lowest BCUT2D eigenvalue weighted by atomic mass is 10.2. The van der Waals surface area contributed by atoms with Crippen molar-refractivity contribution in [2.75, 3.05) is 23.9 Å². The van der Waals surface area contributed by atoms with Crippen LogP contribution in [0.15, 0.2) is 70.2 Å². The summed E-state index contributed by atoms with van der Waals surface area (Å²) < 4.78 is 28.0. The summed E-state index contributed by atoms with van der Waals surface area (Å²) in [4.78, 5) is 12.8. The van der Waals surface area contributed by atoms with E-state index in [2.05, 4.69) is 25.4 Å². The average molecular weight is 483 g/mol. The molecule has 0 bridgehead atoms. The number of aliphatic hydroxyl groups is 1. The van der Waals surface area contributed by atoms with E-state index in [1.807, 2.05) is 37.3 Å². The molecule has 11 heteroatoms. The summed E-state index contributed by atoms with van der Waals surface area (Å²) in [5, 5.41) is 15.3. The summed E-state index contributed by atoms with van der Waals surface area (Å²) in [7, 11) is -3.24. The number of nitrogens with zero attached hydrogens (tertiary/aromatic N) is 4. The van der Waals surface area contributed by atoms with E-state index in [1.165, 1.54) is 23.9 Å². The Morgan fingerprint density at radius 2 is 1.76 bits per heavy atom. The van der Waals surface area contributed by atoms with Gasteiger partial charge in [0, 0.05) is 31.2 Å². The van der Waals surface area contributed by atoms with E-state index in [-0.39, 0.29) is 29.2 Å². The van der Waals surface area contributed by atoms with Gasteiger partial charge in [-0.3, -0.25) is 0 Å². The van der Waals surface area contributed by atoms with Crippen LogP contribution < -0.4 is 11.1 Å². The van der Waals surface area contributed by atoms with Gasteiger partial charge in [0.25, 0.3) is 5.89 Å². The van der Waals surface area contributed by atoms with E-state index in [4.69, 9.17) is 15.4 Å². The fourth-order valence-corrected chi connectivity index (χ4v) is 3.45. The lowest BCUT2D eigenvalue weighted by Crippen LogP contribution is -2.03. The highest BCUT2D eigenvalue weighted by molar-refractivity contribution is 7.90. The maximum absolute atomic E-state index is 11.5. The summed E-state index contributed by atoms with van der Waals surface area (Å²) >= 11 is 0. The lowest BCUT2D eigenvalue weighted by Gasteiger charge is -2.07. The first kappa shape index (κ1) is 24.8. The number of nitrogen functional groups attached to an aromatic ring is 1. The van der Waals surface area contributed by atoms with E-state index in [9.17, 15) is 8.42 Å². The van der Waals surface area contributed by atoms with Gasteiger partial charge in [-0.25, -0.2) is 13.4 Å². The molecule has 34 heavy (non-hydrogen) atoms. The summed E-state index contributed by atoms with van der Waals surface area (Å²) in [6, 6.07) is 16.2. The molecular formula is C23H26N6O4S. The molecule has 0 atom stereocenters. The van der Waals surface area contributed by atoms with Gasteiger partial charge in [0.15, 0.2) is 15.7 Å². The number of hydrogen-bond donors (Lipinski definition) is 3. The molecule has 2 aromatic carbocycles. The minimum Gasteiger partial charge on any atom is -0.396 e. The molecule has 0 unspecified atom stereocenters. The third-order valence-electron chi connectivity index (χ3n) is 4.61. The van der Waals surface area contributed by atoms with Crippen LogP contribution in [0.5, 0.6) is 0 Å². The predicted octanol–water partition coefficient (Wildman–Crippen LogP) is 3.04. The maximum atomic E-state index is 11.5. The zero-order chi connectivity index (χ0) is 24.6. The minimum atomic E-state index is -3.24. The quantitative estimate of drug-likeness (QED) is 0.357. The number of hydrogen-bond acceptors (Lipinski definition) is 10. The lowest BCUT2D eigenvalue weighted by molar-refractivity contribution is 0.299. The Bertz CT molecular complexity index is 1310. The number of aromatic nitrogens is 4. The molecule has 0 radical (unpaired) electrons. The van der Waals surface area contributed by atoms with Crippen LogP contribution in [0.2, 0.25) is 0 Å². The predicted molar refractivity (Wildman–Crippen MR) is 129 cm³/mol. The highest BCUT2D eigenvalue weighted by atomic mass is 32.2. The van der Waals surface area contributed by atoms with E-state index in [0.29, 0.717) is 23.5 Å². The fourth-order valence-electron chi connectivity index (χ4n) is 2.82. The average Bonchev–Trinajstić information content (AvgIpc) is 3.29. The third kappa shape index (κ3) is 6.83. The summed E-state index contributed by atoms with van der Waals surface area (Å²) in [5.74, 6) is 1.29. The Balaban J connectivity index is 0.000000302. The Hall–Kier alpha value is -3.83. The van der Waals surface area contributed by atoms with Gasteiger partial charge in [0.05, 0.1) is 4.90 Å². The Morgan fingerprint density at radius 1 is 1.06 bits per heavy atom. The van der Waals surface area contributed by atoms with Crippen LogP contribution >= 0.6 is 0 Å². The highest BCUT2D eigenvalue weighted by Gasteiger charge is 2.14. The number of anilines is 3. The van der Waals surface area contributed by atoms with E-state index >= 15 is 0 Å². The monoisotopic (exact) mass is 482 g/mol. The first-order valence-electron chi connectivity index (χ1n) is 10.5. The number of nitrogens with one attached hydrogen (secondary N) is 1. The first-order chi connectivity index (χ1) is 16.3. The number of nitrogens with two attached hydrogens (primary N) is 1. The van der Waals surface area contributed by atoms with Crippen molar-refractivity contribution in [3.05, 3.63) is 72.2 Å². The number of sulfone groups is 1. The molecule has 0 saturated carbocycles. The van der Waals surface area contributed by atoms with Gasteiger partial charge in [0.2, 0.25) is 5.95 Å². The van der Waals surface area contributed by atoms with Crippen LogP contribution in [0.25, 0.3) is 11.5 Å². The molecule has 178 valence electrons. The number of rotatable bonds is 7. The number of benzene rings is 2. The molecule has 0 spiro atoms. The van der Waals surface area contributed by atoms with Crippen molar-refractivity contribution in [1.82, 2.24) is 20.1 Å². The van der Waals surface area contributed by atoms with Gasteiger partial charge < -0.3 is 20.7 Å². The molecule has 0 saturated heterocycles. The molecular weight excluding hydrogens is 456 g/mol. The van der Waals surface area contributed by atoms with Crippen molar-refractivity contribution in [3.8, 4) is 11.5 Å². The van der Waals surface area contributed by atoms with Crippen LogP contribution in [0.1, 0.15) is 18.3 Å². The van der Waals surface area contributed by atoms with Crippen LogP contribution in [0.4, 0.5) is 17.5 Å². The van der Waals surface area contributed by atoms with E-state index in [0.717, 1.165) is 12.7 Å². The van der Waals surface area contributed by atoms with Gasteiger partial charge in [-0.15, -0.1) is 0 Å². The van der Waals surface area contributed by atoms with Gasteiger partial charge >= 0.3 is 0 Å². The zero-order valence-corrected chi connectivity index (χ0v) is 19.7. The molecule has 0 aliphatic heterocycles. The second-order valence-corrected chi connectivity index (χ2v) is 9.26. The molecule has 4 N–H and O–H groups in total. The van der Waals surface area contributed by atoms with Crippen molar-refractivity contribution >= 4 is 27.3 Å². The smallest absolute Gasteiger partial charge is 0.263 e. The van der Waals surface area contributed by atoms with Crippen LogP contribution in [-0.2, 0) is 22.7 Å². The summed E-state index contributed by atoms with van der Waals surface area (Å²) in [6.45, 7) is 2.15. The molecule has 4 aromatic rings. The zero-order valence-electron chi connectivity index (χ0n) is 18.8. The molecule has 0 aliphatic carbocycles. The normalized spacial score (nSPS) is 10.9. The van der Waals surface area contributed by atoms with E-state index < -0.39 is 9.84 Å². The van der Waals surface area contributed by atoms with Crippen molar-refractivity contribution in [3.63, 3.8) is 0 Å². The fraction of sp³-hybridized carbons (Fsp3) is 0.217. The van der Waals surface area contributed by atoms with Crippen LogP contribution in [-0.4, -0.2) is 46.5 Å². The maximum Gasteiger partial charge on any atom is 0.263 e. The molecule has 2 aromatic heterocycles. The summed E-state index contributed by atoms with van der Waals surface area (Å²) in [5.41, 5.74) is 8.21.